The van der Waals surface area contributed by atoms with E-state index >= 15 is 0 Å². The normalized spacial score (nSPS) is 12.6. The molecular formula is C23H23N5O3. The topological polar surface area (TPSA) is 104 Å². The minimum absolute atomic E-state index is 0.0589. The van der Waals surface area contributed by atoms with Crippen LogP contribution in [0.1, 0.15) is 38.3 Å². The van der Waals surface area contributed by atoms with Gasteiger partial charge < -0.3 is 9.84 Å². The average molecular weight is 417 g/mol. The van der Waals surface area contributed by atoms with Crippen LogP contribution in [0.2, 0.25) is 0 Å². The Morgan fingerprint density at radius 3 is 2.87 bits per heavy atom. The summed E-state index contributed by atoms with van der Waals surface area (Å²) in [5, 5.41) is 18.4. The molecule has 0 amide bonds. The van der Waals surface area contributed by atoms with Crippen molar-refractivity contribution in [3.8, 4) is 11.9 Å². The molecule has 0 fully saturated rings. The molecule has 3 heterocycles. The van der Waals surface area contributed by atoms with E-state index in [2.05, 4.69) is 20.9 Å². The number of nitriles is 1. The van der Waals surface area contributed by atoms with E-state index in [-0.39, 0.29) is 12.6 Å². The number of rotatable bonds is 8. The van der Waals surface area contributed by atoms with E-state index < -0.39 is 0 Å². The number of carbonyl (C=O) groups is 1. The van der Waals surface area contributed by atoms with Gasteiger partial charge in [-0.1, -0.05) is 6.07 Å². The van der Waals surface area contributed by atoms with E-state index in [9.17, 15) is 9.90 Å². The van der Waals surface area contributed by atoms with Crippen LogP contribution in [0.5, 0.6) is 0 Å². The predicted molar refractivity (Wildman–Crippen MR) is 112 cm³/mol. The van der Waals surface area contributed by atoms with Crippen molar-refractivity contribution < 1.29 is 14.6 Å². The zero-order chi connectivity index (χ0) is 21.8. The summed E-state index contributed by atoms with van der Waals surface area (Å²) >= 11 is 0. The van der Waals surface area contributed by atoms with Crippen LogP contribution in [0.3, 0.4) is 0 Å². The molecular weight excluding hydrogens is 394 g/mol. The third-order valence-corrected chi connectivity index (χ3v) is 5.55. The van der Waals surface area contributed by atoms with Gasteiger partial charge in [-0.25, -0.2) is 14.8 Å². The van der Waals surface area contributed by atoms with Crippen LogP contribution in [-0.4, -0.2) is 50.2 Å². The van der Waals surface area contributed by atoms with Gasteiger partial charge in [-0.15, -0.1) is 0 Å². The summed E-state index contributed by atoms with van der Waals surface area (Å²) in [4.78, 5) is 22.6. The number of carbonyl (C=O) groups excluding carboxylic acids is 1. The fourth-order valence-corrected chi connectivity index (χ4v) is 3.76. The number of fused-ring (bicyclic) bond motifs is 1. The molecule has 2 aromatic heterocycles. The largest absolute Gasteiger partial charge is 0.457 e. The molecule has 1 aromatic carbocycles. The second-order valence-corrected chi connectivity index (χ2v) is 7.49. The lowest BCUT2D eigenvalue weighted by atomic mass is 9.96. The first kappa shape index (κ1) is 20.7. The first-order chi connectivity index (χ1) is 15.1. The average Bonchev–Trinajstić information content (AvgIpc) is 3.40. The van der Waals surface area contributed by atoms with Crippen molar-refractivity contribution in [3.63, 3.8) is 0 Å². The van der Waals surface area contributed by atoms with Crippen molar-refractivity contribution in [2.24, 2.45) is 0 Å². The van der Waals surface area contributed by atoms with Gasteiger partial charge in [0.15, 0.2) is 0 Å². The zero-order valence-electron chi connectivity index (χ0n) is 17.3. The van der Waals surface area contributed by atoms with Gasteiger partial charge in [0, 0.05) is 37.6 Å². The maximum absolute atomic E-state index is 11.7. The number of aromatic nitrogens is 3. The molecule has 3 aromatic rings. The predicted octanol–water partition coefficient (Wildman–Crippen LogP) is 2.15. The molecule has 158 valence electrons. The third-order valence-electron chi connectivity index (χ3n) is 5.55. The fourth-order valence-electron chi connectivity index (χ4n) is 3.76. The summed E-state index contributed by atoms with van der Waals surface area (Å²) in [6.45, 7) is 4.30. The summed E-state index contributed by atoms with van der Waals surface area (Å²) in [7, 11) is 0. The highest BCUT2D eigenvalue weighted by atomic mass is 16.5. The van der Waals surface area contributed by atoms with Gasteiger partial charge in [0.1, 0.15) is 24.8 Å². The Kier molecular flexibility index (Phi) is 6.07. The van der Waals surface area contributed by atoms with Gasteiger partial charge in [0.2, 0.25) is 0 Å². The second-order valence-electron chi connectivity index (χ2n) is 7.49. The van der Waals surface area contributed by atoms with Crippen LogP contribution < -0.4 is 0 Å². The van der Waals surface area contributed by atoms with Crippen LogP contribution in [-0.2, 0) is 24.3 Å². The Morgan fingerprint density at radius 1 is 1.26 bits per heavy atom. The Hall–Kier alpha value is -3.54. The highest BCUT2D eigenvalue weighted by molar-refractivity contribution is 5.93. The summed E-state index contributed by atoms with van der Waals surface area (Å²) in [5.41, 5.74) is 5.29. The molecule has 8 heteroatoms. The SMILES string of the molecule is Cc1c(CCN(CCO)Cc2cn(-c3ccc(C#N)cn3)cn2)ccc2c1COC2=O. The van der Waals surface area contributed by atoms with Gasteiger partial charge in [0.25, 0.3) is 0 Å². The summed E-state index contributed by atoms with van der Waals surface area (Å²) in [6, 6.07) is 9.39. The van der Waals surface area contributed by atoms with Crippen LogP contribution in [0.15, 0.2) is 43.0 Å². The number of cyclic esters (lactones) is 1. The van der Waals surface area contributed by atoms with Crippen molar-refractivity contribution in [3.05, 3.63) is 76.5 Å². The second kappa shape index (κ2) is 9.08. The zero-order valence-corrected chi connectivity index (χ0v) is 17.3. The number of imidazole rings is 1. The molecule has 0 unspecified atom stereocenters. The number of esters is 1. The van der Waals surface area contributed by atoms with E-state index in [1.807, 2.05) is 29.8 Å². The number of aliphatic hydroxyl groups excluding tert-OH is 1. The van der Waals surface area contributed by atoms with Crippen LogP contribution in [0, 0.1) is 18.3 Å². The summed E-state index contributed by atoms with van der Waals surface area (Å²) < 4.78 is 6.95. The van der Waals surface area contributed by atoms with Crippen molar-refractivity contribution in [1.82, 2.24) is 19.4 Å². The number of aliphatic hydroxyl groups is 1. The molecule has 1 N–H and O–H groups in total. The first-order valence-corrected chi connectivity index (χ1v) is 10.1. The number of benzene rings is 1. The van der Waals surface area contributed by atoms with Crippen molar-refractivity contribution in [2.45, 2.75) is 26.5 Å². The molecule has 4 rings (SSSR count). The highest BCUT2D eigenvalue weighted by Gasteiger charge is 2.23. The number of nitrogens with zero attached hydrogens (tertiary/aromatic N) is 5. The standard InChI is InChI=1S/C23H23N5O3/c1-16-18(3-4-20-21(16)14-31-23(20)30)6-7-27(8-9-29)12-19-13-28(15-26-19)22-5-2-17(10-24)11-25-22/h2-5,11,13,15,29H,6-9,12,14H2,1H3. The Labute approximate surface area is 180 Å². The summed E-state index contributed by atoms with van der Waals surface area (Å²) in [5.74, 6) is 0.441. The maximum atomic E-state index is 11.7. The van der Waals surface area contributed by atoms with Crippen molar-refractivity contribution in [2.75, 3.05) is 19.7 Å². The molecule has 0 saturated heterocycles. The van der Waals surface area contributed by atoms with E-state index in [0.717, 1.165) is 29.8 Å². The van der Waals surface area contributed by atoms with Gasteiger partial charge in [-0.05, 0) is 42.7 Å². The molecule has 8 nitrogen and oxygen atoms in total. The summed E-state index contributed by atoms with van der Waals surface area (Å²) in [6.07, 6.45) is 5.93. The monoisotopic (exact) mass is 417 g/mol. The van der Waals surface area contributed by atoms with Gasteiger partial charge >= 0.3 is 5.97 Å². The Morgan fingerprint density at radius 2 is 2.13 bits per heavy atom. The number of hydrogen-bond donors (Lipinski definition) is 1. The molecule has 31 heavy (non-hydrogen) atoms. The lowest BCUT2D eigenvalue weighted by Crippen LogP contribution is -2.29. The number of ether oxygens (including phenoxy) is 1. The van der Waals surface area contributed by atoms with Crippen LogP contribution >= 0.6 is 0 Å². The lowest BCUT2D eigenvalue weighted by Gasteiger charge is -2.21. The molecule has 1 aliphatic heterocycles. The van der Waals surface area contributed by atoms with Crippen molar-refractivity contribution >= 4 is 5.97 Å². The molecule has 0 radical (unpaired) electrons. The first-order valence-electron chi connectivity index (χ1n) is 10.1. The molecule has 0 aliphatic carbocycles. The van der Waals surface area contributed by atoms with Gasteiger partial charge in [0.05, 0.1) is 23.4 Å². The quantitative estimate of drug-likeness (QED) is 0.560. The smallest absolute Gasteiger partial charge is 0.338 e. The molecule has 0 spiro atoms. The Balaban J connectivity index is 1.42. The fraction of sp³-hybridized carbons (Fsp3) is 0.304. The van der Waals surface area contributed by atoms with E-state index in [0.29, 0.717) is 36.6 Å². The highest BCUT2D eigenvalue weighted by Crippen LogP contribution is 2.26. The van der Waals surface area contributed by atoms with Crippen LogP contribution in [0.4, 0.5) is 0 Å². The molecule has 1 aliphatic rings. The number of hydrogen-bond acceptors (Lipinski definition) is 7. The molecule has 0 atom stereocenters. The van der Waals surface area contributed by atoms with E-state index in [1.165, 1.54) is 11.8 Å². The van der Waals surface area contributed by atoms with Crippen LogP contribution in [0.25, 0.3) is 5.82 Å². The maximum Gasteiger partial charge on any atom is 0.338 e. The molecule has 0 saturated carbocycles. The third kappa shape index (κ3) is 4.48. The van der Waals surface area contributed by atoms with E-state index in [4.69, 9.17) is 10.00 Å². The number of pyridine rings is 1. The van der Waals surface area contributed by atoms with E-state index in [1.54, 1.807) is 18.5 Å². The molecule has 0 bridgehead atoms. The minimum Gasteiger partial charge on any atom is -0.457 e. The van der Waals surface area contributed by atoms with Gasteiger partial charge in [-0.2, -0.15) is 5.26 Å². The minimum atomic E-state index is -0.251. The lowest BCUT2D eigenvalue weighted by molar-refractivity contribution is 0.0535. The Bertz CT molecular complexity index is 1130. The van der Waals surface area contributed by atoms with Gasteiger partial charge in [-0.3, -0.25) is 9.47 Å². The van der Waals surface area contributed by atoms with Crippen molar-refractivity contribution in [1.29, 1.82) is 5.26 Å².